The Morgan fingerprint density at radius 1 is 1.43 bits per heavy atom. The Bertz CT molecular complexity index is 456. The second kappa shape index (κ2) is 11.5. The van der Waals surface area contributed by atoms with Crippen LogP contribution in [0.2, 0.25) is 0 Å². The molecule has 0 radical (unpaired) electrons. The maximum Gasteiger partial charge on any atom is 0.191 e. The van der Waals surface area contributed by atoms with Crippen molar-refractivity contribution in [3.8, 4) is 0 Å². The van der Waals surface area contributed by atoms with Gasteiger partial charge in [0, 0.05) is 39.0 Å². The second-order valence-electron chi connectivity index (χ2n) is 6.51. The lowest BCUT2D eigenvalue weighted by Crippen LogP contribution is -2.46. The average molecular weight is 460 g/mol. The van der Waals surface area contributed by atoms with Gasteiger partial charge in [-0.3, -0.25) is 4.99 Å². The minimum atomic E-state index is -2.91. The highest BCUT2D eigenvalue weighted by molar-refractivity contribution is 14.0. The number of halogens is 1. The first kappa shape index (κ1) is 22.9. The predicted molar refractivity (Wildman–Crippen MR) is 109 cm³/mol. The van der Waals surface area contributed by atoms with Crippen molar-refractivity contribution in [3.63, 3.8) is 0 Å². The van der Waals surface area contributed by atoms with Crippen LogP contribution in [0.4, 0.5) is 0 Å². The number of nitrogens with one attached hydrogen (secondary N) is 2. The molecule has 138 valence electrons. The molecule has 1 saturated heterocycles. The van der Waals surface area contributed by atoms with Gasteiger partial charge in [0.15, 0.2) is 5.96 Å². The Hall–Kier alpha value is -0.0900. The monoisotopic (exact) mass is 460 g/mol. The Kier molecular flexibility index (Phi) is 11.4. The summed E-state index contributed by atoms with van der Waals surface area (Å²) in [5.41, 5.74) is 0. The van der Waals surface area contributed by atoms with Gasteiger partial charge in [0.2, 0.25) is 0 Å². The average Bonchev–Trinajstić information content (AvgIpc) is 2.43. The fourth-order valence-corrected chi connectivity index (χ4v) is 3.49. The molecule has 1 aliphatic heterocycles. The summed E-state index contributed by atoms with van der Waals surface area (Å²) in [5.74, 6) is 1.73. The molecule has 6 nitrogen and oxygen atoms in total. The van der Waals surface area contributed by atoms with Gasteiger partial charge in [-0.25, -0.2) is 8.42 Å². The second-order valence-corrected chi connectivity index (χ2v) is 8.77. The lowest BCUT2D eigenvalue weighted by molar-refractivity contribution is 0.187. The highest BCUT2D eigenvalue weighted by atomic mass is 127. The number of rotatable bonds is 7. The molecule has 0 saturated carbocycles. The quantitative estimate of drug-likeness (QED) is 0.341. The largest absolute Gasteiger partial charge is 0.355 e. The molecule has 1 fully saturated rings. The Balaban J connectivity index is 0.00000484. The first-order chi connectivity index (χ1) is 10.3. The van der Waals surface area contributed by atoms with Crippen LogP contribution in [-0.4, -0.2) is 70.6 Å². The molecular weight excluding hydrogens is 427 g/mol. The van der Waals surface area contributed by atoms with E-state index in [0.29, 0.717) is 6.42 Å². The molecule has 2 atom stereocenters. The van der Waals surface area contributed by atoms with E-state index in [-0.39, 0.29) is 35.8 Å². The zero-order valence-corrected chi connectivity index (χ0v) is 18.0. The van der Waals surface area contributed by atoms with Crippen LogP contribution in [0.1, 0.15) is 33.1 Å². The number of hydrogen-bond donors (Lipinski definition) is 2. The van der Waals surface area contributed by atoms with Crippen LogP contribution in [0.5, 0.6) is 0 Å². The van der Waals surface area contributed by atoms with E-state index in [9.17, 15) is 8.42 Å². The lowest BCUT2D eigenvalue weighted by atomic mass is 10.0. The molecule has 0 bridgehead atoms. The molecule has 8 heteroatoms. The van der Waals surface area contributed by atoms with Gasteiger partial charge in [-0.05, 0) is 38.6 Å². The number of sulfone groups is 1. The van der Waals surface area contributed by atoms with Crippen LogP contribution in [0.3, 0.4) is 0 Å². The number of aliphatic imine (C=N–C) groups is 1. The van der Waals surface area contributed by atoms with E-state index >= 15 is 0 Å². The molecule has 0 spiro atoms. The van der Waals surface area contributed by atoms with Gasteiger partial charge >= 0.3 is 0 Å². The van der Waals surface area contributed by atoms with Crippen molar-refractivity contribution in [2.45, 2.75) is 39.2 Å². The molecule has 0 amide bonds. The molecular formula is C15H33IN4O2S. The Morgan fingerprint density at radius 2 is 2.13 bits per heavy atom. The zero-order chi connectivity index (χ0) is 16.6. The lowest BCUT2D eigenvalue weighted by Gasteiger charge is -2.31. The molecule has 1 heterocycles. The van der Waals surface area contributed by atoms with Gasteiger partial charge in [-0.15, -0.1) is 24.0 Å². The minimum Gasteiger partial charge on any atom is -0.355 e. The Morgan fingerprint density at radius 3 is 2.70 bits per heavy atom. The molecule has 1 rings (SSSR count). The van der Waals surface area contributed by atoms with Crippen LogP contribution in [-0.2, 0) is 9.84 Å². The van der Waals surface area contributed by atoms with Gasteiger partial charge in [-0.1, -0.05) is 6.92 Å². The van der Waals surface area contributed by atoms with Crippen molar-refractivity contribution < 1.29 is 8.42 Å². The summed E-state index contributed by atoms with van der Waals surface area (Å²) in [5, 5.41) is 6.55. The summed E-state index contributed by atoms with van der Waals surface area (Å²) >= 11 is 0. The molecule has 0 aromatic carbocycles. The molecule has 1 aliphatic rings. The summed E-state index contributed by atoms with van der Waals surface area (Å²) in [7, 11) is -1.17. The minimum absolute atomic E-state index is 0. The van der Waals surface area contributed by atoms with Crippen LogP contribution in [0, 0.1) is 5.92 Å². The smallest absolute Gasteiger partial charge is 0.191 e. The summed E-state index contributed by atoms with van der Waals surface area (Å²) in [4.78, 5) is 6.68. The van der Waals surface area contributed by atoms with Crippen LogP contribution >= 0.6 is 24.0 Å². The van der Waals surface area contributed by atoms with Crippen molar-refractivity contribution in [1.29, 1.82) is 0 Å². The highest BCUT2D eigenvalue weighted by Crippen LogP contribution is 2.14. The summed E-state index contributed by atoms with van der Waals surface area (Å²) in [6.45, 7) is 8.52. The SMILES string of the molecule is CN=C(NCCN1CCCC(C)C1)NC(C)CCS(C)(=O)=O.I. The van der Waals surface area contributed by atoms with E-state index in [1.54, 1.807) is 7.05 Å². The topological polar surface area (TPSA) is 73.8 Å². The van der Waals surface area contributed by atoms with Crippen LogP contribution < -0.4 is 10.6 Å². The highest BCUT2D eigenvalue weighted by Gasteiger charge is 2.15. The summed E-state index contributed by atoms with van der Waals surface area (Å²) in [6, 6.07) is 0.0796. The fraction of sp³-hybridized carbons (Fsp3) is 0.933. The predicted octanol–water partition coefficient (Wildman–Crippen LogP) is 1.32. The van der Waals surface area contributed by atoms with E-state index in [1.807, 2.05) is 6.92 Å². The van der Waals surface area contributed by atoms with Gasteiger partial charge in [0.1, 0.15) is 9.84 Å². The summed E-state index contributed by atoms with van der Waals surface area (Å²) in [6.07, 6.45) is 4.48. The summed E-state index contributed by atoms with van der Waals surface area (Å²) < 4.78 is 22.4. The third-order valence-electron chi connectivity index (χ3n) is 3.99. The van der Waals surface area contributed by atoms with Crippen molar-refractivity contribution in [3.05, 3.63) is 0 Å². The number of guanidine groups is 1. The first-order valence-electron chi connectivity index (χ1n) is 8.17. The molecule has 0 aromatic rings. The van der Waals surface area contributed by atoms with E-state index in [1.165, 1.54) is 32.2 Å². The van der Waals surface area contributed by atoms with Gasteiger partial charge < -0.3 is 15.5 Å². The normalized spacial score (nSPS) is 21.4. The van der Waals surface area contributed by atoms with Gasteiger partial charge in [-0.2, -0.15) is 0 Å². The van der Waals surface area contributed by atoms with Crippen LogP contribution in [0.15, 0.2) is 4.99 Å². The molecule has 2 unspecified atom stereocenters. The van der Waals surface area contributed by atoms with E-state index in [2.05, 4.69) is 27.4 Å². The number of piperidine rings is 1. The molecule has 23 heavy (non-hydrogen) atoms. The first-order valence-corrected chi connectivity index (χ1v) is 10.2. The van der Waals surface area contributed by atoms with Crippen molar-refractivity contribution in [1.82, 2.24) is 15.5 Å². The third-order valence-corrected chi connectivity index (χ3v) is 4.97. The standard InChI is InChI=1S/C15H32N4O2S.HI/c1-13-6-5-9-19(12-13)10-8-17-15(16-3)18-14(2)7-11-22(4,20)21;/h13-14H,5-12H2,1-4H3,(H2,16,17,18);1H. The number of likely N-dealkylation sites (tertiary alicyclic amines) is 1. The third kappa shape index (κ3) is 11.1. The van der Waals surface area contributed by atoms with E-state index in [4.69, 9.17) is 0 Å². The van der Waals surface area contributed by atoms with Crippen LogP contribution in [0.25, 0.3) is 0 Å². The van der Waals surface area contributed by atoms with Crippen molar-refractivity contribution >= 4 is 39.8 Å². The van der Waals surface area contributed by atoms with Gasteiger partial charge in [0.05, 0.1) is 5.75 Å². The fourth-order valence-electron chi connectivity index (χ4n) is 2.71. The van der Waals surface area contributed by atoms with Crippen molar-refractivity contribution in [2.75, 3.05) is 45.2 Å². The zero-order valence-electron chi connectivity index (χ0n) is 14.8. The molecule has 0 aliphatic carbocycles. The van der Waals surface area contributed by atoms with Gasteiger partial charge in [0.25, 0.3) is 0 Å². The Labute approximate surface area is 158 Å². The molecule has 0 aromatic heterocycles. The van der Waals surface area contributed by atoms with Crippen molar-refractivity contribution in [2.24, 2.45) is 10.9 Å². The van der Waals surface area contributed by atoms with E-state index < -0.39 is 9.84 Å². The maximum absolute atomic E-state index is 11.2. The maximum atomic E-state index is 11.2. The van der Waals surface area contributed by atoms with E-state index in [0.717, 1.165) is 25.0 Å². The number of hydrogen-bond acceptors (Lipinski definition) is 4. The molecule has 2 N–H and O–H groups in total. The number of nitrogens with zero attached hydrogens (tertiary/aromatic N) is 2.